The maximum Gasteiger partial charge on any atom is 0.190 e. The molecule has 1 aromatic heterocycles. The van der Waals surface area contributed by atoms with E-state index in [2.05, 4.69) is 39.1 Å². The normalized spacial score (nSPS) is 11.3. The van der Waals surface area contributed by atoms with Gasteiger partial charge in [-0.3, -0.25) is 0 Å². The van der Waals surface area contributed by atoms with Crippen LogP contribution in [0.4, 0.5) is 5.82 Å². The molecule has 0 spiro atoms. The van der Waals surface area contributed by atoms with Gasteiger partial charge >= 0.3 is 0 Å². The fourth-order valence-corrected chi connectivity index (χ4v) is 1.83. The molecule has 0 aliphatic carbocycles. The number of hydrogen-bond acceptors (Lipinski definition) is 5. The van der Waals surface area contributed by atoms with Gasteiger partial charge in [-0.25, -0.2) is 9.97 Å². The van der Waals surface area contributed by atoms with Crippen LogP contribution in [-0.2, 0) is 6.54 Å². The molecule has 104 valence electrons. The molecule has 20 heavy (non-hydrogen) atoms. The molecule has 2 rings (SSSR count). The minimum Gasteiger partial charge on any atom is -0.409 e. The highest BCUT2D eigenvalue weighted by atomic mass is 16.4. The Kier molecular flexibility index (Phi) is 4.49. The van der Waals surface area contributed by atoms with Crippen molar-refractivity contribution in [3.63, 3.8) is 0 Å². The van der Waals surface area contributed by atoms with Gasteiger partial charge in [-0.1, -0.05) is 35.5 Å². The first-order valence-electron chi connectivity index (χ1n) is 6.33. The molecule has 0 atom stereocenters. The Labute approximate surface area is 117 Å². The van der Waals surface area contributed by atoms with E-state index >= 15 is 0 Å². The first kappa shape index (κ1) is 13.8. The number of rotatable bonds is 5. The van der Waals surface area contributed by atoms with Crippen molar-refractivity contribution in [3.8, 4) is 0 Å². The van der Waals surface area contributed by atoms with E-state index in [1.807, 2.05) is 18.2 Å². The van der Waals surface area contributed by atoms with Crippen molar-refractivity contribution >= 4 is 11.7 Å². The Hall–Kier alpha value is -2.63. The summed E-state index contributed by atoms with van der Waals surface area (Å²) in [6, 6.07) is 10.2. The smallest absolute Gasteiger partial charge is 0.190 e. The van der Waals surface area contributed by atoms with Crippen molar-refractivity contribution < 1.29 is 5.21 Å². The zero-order valence-electron chi connectivity index (χ0n) is 11.3. The fourth-order valence-electron chi connectivity index (χ4n) is 1.83. The maximum absolute atomic E-state index is 8.59. The molecule has 1 aromatic carbocycles. The zero-order valence-corrected chi connectivity index (χ0v) is 11.3. The van der Waals surface area contributed by atoms with Gasteiger partial charge in [0, 0.05) is 13.1 Å². The van der Waals surface area contributed by atoms with Gasteiger partial charge < -0.3 is 15.8 Å². The number of oxime groups is 1. The maximum atomic E-state index is 8.59. The van der Waals surface area contributed by atoms with Crippen LogP contribution in [0.5, 0.6) is 0 Å². The second-order valence-corrected chi connectivity index (χ2v) is 4.24. The summed E-state index contributed by atoms with van der Waals surface area (Å²) in [6.07, 6.45) is 3.12. The monoisotopic (exact) mass is 271 g/mol. The predicted molar refractivity (Wildman–Crippen MR) is 77.7 cm³/mol. The number of anilines is 1. The minimum atomic E-state index is -0.0462. The quantitative estimate of drug-likeness (QED) is 0.373. The van der Waals surface area contributed by atoms with E-state index in [0.717, 1.165) is 18.9 Å². The highest BCUT2D eigenvalue weighted by Gasteiger charge is 2.08. The summed E-state index contributed by atoms with van der Waals surface area (Å²) in [4.78, 5) is 10.5. The molecule has 0 saturated heterocycles. The van der Waals surface area contributed by atoms with Crippen LogP contribution < -0.4 is 10.6 Å². The largest absolute Gasteiger partial charge is 0.409 e. The van der Waals surface area contributed by atoms with Gasteiger partial charge in [0.1, 0.15) is 11.5 Å². The van der Waals surface area contributed by atoms with E-state index in [1.54, 1.807) is 6.20 Å². The first-order valence-corrected chi connectivity index (χ1v) is 6.33. The summed E-state index contributed by atoms with van der Waals surface area (Å²) in [5.41, 5.74) is 7.02. The van der Waals surface area contributed by atoms with Crippen molar-refractivity contribution in [2.75, 3.05) is 11.4 Å². The van der Waals surface area contributed by atoms with Crippen LogP contribution in [0, 0.1) is 0 Å². The Balaban J connectivity index is 2.16. The van der Waals surface area contributed by atoms with Crippen molar-refractivity contribution in [1.82, 2.24) is 9.97 Å². The van der Waals surface area contributed by atoms with Gasteiger partial charge in [-0.05, 0) is 12.5 Å². The molecule has 2 aromatic rings. The summed E-state index contributed by atoms with van der Waals surface area (Å²) >= 11 is 0. The standard InChI is InChI=1S/C14H17N5O/c1-2-19(10-11-6-4-3-5-7-11)13-9-16-12(8-17-13)14(15)18-20/h3-9,20H,2,10H2,1H3,(H2,15,18). The van der Waals surface area contributed by atoms with E-state index < -0.39 is 0 Å². The van der Waals surface area contributed by atoms with Crippen LogP contribution in [-0.4, -0.2) is 27.6 Å². The Morgan fingerprint density at radius 1 is 1.25 bits per heavy atom. The fraction of sp³-hybridized carbons (Fsp3) is 0.214. The van der Waals surface area contributed by atoms with Gasteiger partial charge in [0.25, 0.3) is 0 Å². The molecule has 6 heteroatoms. The van der Waals surface area contributed by atoms with Crippen molar-refractivity contribution in [2.45, 2.75) is 13.5 Å². The lowest BCUT2D eigenvalue weighted by Gasteiger charge is -2.21. The van der Waals surface area contributed by atoms with Gasteiger partial charge in [0.15, 0.2) is 5.84 Å². The van der Waals surface area contributed by atoms with Gasteiger partial charge in [-0.2, -0.15) is 0 Å². The number of nitrogens with two attached hydrogens (primary N) is 1. The lowest BCUT2D eigenvalue weighted by atomic mass is 10.2. The molecular formula is C14H17N5O. The molecule has 0 unspecified atom stereocenters. The molecule has 3 N–H and O–H groups in total. The van der Waals surface area contributed by atoms with E-state index in [-0.39, 0.29) is 5.84 Å². The van der Waals surface area contributed by atoms with Crippen LogP contribution in [0.2, 0.25) is 0 Å². The van der Waals surface area contributed by atoms with Crippen LogP contribution in [0.3, 0.4) is 0 Å². The Morgan fingerprint density at radius 2 is 2.00 bits per heavy atom. The number of aromatic nitrogens is 2. The van der Waals surface area contributed by atoms with Gasteiger partial charge in [-0.15, -0.1) is 0 Å². The molecule has 0 aliphatic heterocycles. The third-order valence-electron chi connectivity index (χ3n) is 2.93. The van der Waals surface area contributed by atoms with Gasteiger partial charge in [0.05, 0.1) is 12.4 Å². The average molecular weight is 271 g/mol. The minimum absolute atomic E-state index is 0.0462. The molecule has 1 heterocycles. The Morgan fingerprint density at radius 3 is 2.55 bits per heavy atom. The van der Waals surface area contributed by atoms with Crippen LogP contribution in [0.15, 0.2) is 47.9 Å². The molecule has 0 amide bonds. The highest BCUT2D eigenvalue weighted by molar-refractivity contribution is 5.94. The highest BCUT2D eigenvalue weighted by Crippen LogP contribution is 2.13. The van der Waals surface area contributed by atoms with Gasteiger partial charge in [0.2, 0.25) is 0 Å². The molecule has 0 saturated carbocycles. The third kappa shape index (κ3) is 3.23. The third-order valence-corrected chi connectivity index (χ3v) is 2.93. The van der Waals surface area contributed by atoms with Crippen molar-refractivity contribution in [3.05, 3.63) is 54.0 Å². The van der Waals surface area contributed by atoms with Crippen LogP contribution >= 0.6 is 0 Å². The number of nitrogens with zero attached hydrogens (tertiary/aromatic N) is 4. The molecular weight excluding hydrogens is 254 g/mol. The average Bonchev–Trinajstić information content (AvgIpc) is 2.53. The Bertz CT molecular complexity index is 568. The molecule has 6 nitrogen and oxygen atoms in total. The summed E-state index contributed by atoms with van der Waals surface area (Å²) < 4.78 is 0. The molecule has 0 fully saturated rings. The SMILES string of the molecule is CCN(Cc1ccccc1)c1cnc(C(N)=NO)cn1. The summed E-state index contributed by atoms with van der Waals surface area (Å²) in [7, 11) is 0. The van der Waals surface area contributed by atoms with Crippen LogP contribution in [0.1, 0.15) is 18.2 Å². The summed E-state index contributed by atoms with van der Waals surface area (Å²) in [5, 5.41) is 11.5. The van der Waals surface area contributed by atoms with E-state index in [0.29, 0.717) is 5.69 Å². The lowest BCUT2D eigenvalue weighted by Crippen LogP contribution is -2.24. The van der Waals surface area contributed by atoms with E-state index in [1.165, 1.54) is 11.8 Å². The van der Waals surface area contributed by atoms with Crippen LogP contribution in [0.25, 0.3) is 0 Å². The second-order valence-electron chi connectivity index (χ2n) is 4.24. The molecule has 0 bridgehead atoms. The van der Waals surface area contributed by atoms with Crippen molar-refractivity contribution in [2.24, 2.45) is 10.9 Å². The molecule has 0 radical (unpaired) electrons. The molecule has 0 aliphatic rings. The zero-order chi connectivity index (χ0) is 14.4. The summed E-state index contributed by atoms with van der Waals surface area (Å²) in [6.45, 7) is 3.63. The predicted octanol–water partition coefficient (Wildman–Crippen LogP) is 1.60. The second kappa shape index (κ2) is 6.51. The van der Waals surface area contributed by atoms with Crippen molar-refractivity contribution in [1.29, 1.82) is 0 Å². The number of benzene rings is 1. The summed E-state index contributed by atoms with van der Waals surface area (Å²) in [5.74, 6) is 0.709. The van der Waals surface area contributed by atoms with E-state index in [4.69, 9.17) is 10.9 Å². The van der Waals surface area contributed by atoms with E-state index in [9.17, 15) is 0 Å². The lowest BCUT2D eigenvalue weighted by molar-refractivity contribution is 0.318. The number of hydrogen-bond donors (Lipinski definition) is 2. The number of amidine groups is 1. The first-order chi connectivity index (χ1) is 9.74. The topological polar surface area (TPSA) is 87.6 Å².